The Morgan fingerprint density at radius 3 is 2.18 bits per heavy atom. The van der Waals surface area contributed by atoms with Crippen molar-refractivity contribution in [2.75, 3.05) is 31.5 Å². The van der Waals surface area contributed by atoms with Crippen LogP contribution in [0.4, 0.5) is 5.69 Å². The number of nitrogens with zero attached hydrogens (tertiary/aromatic N) is 2. The van der Waals surface area contributed by atoms with Crippen LogP contribution in [0, 0.1) is 0 Å². The third-order valence-corrected chi connectivity index (χ3v) is 4.90. The molecular weight excluding hydrogens is 346 g/mol. The summed E-state index contributed by atoms with van der Waals surface area (Å²) in [4.78, 5) is 16.9. The lowest BCUT2D eigenvalue weighted by molar-refractivity contribution is 0.0672. The molecule has 3 rings (SSSR count). The molecule has 1 aliphatic rings. The van der Waals surface area contributed by atoms with Crippen LogP contribution in [0.15, 0.2) is 91.7 Å². The highest BCUT2D eigenvalue weighted by atomic mass is 16.2. The topological polar surface area (TPSA) is 35.6 Å². The first-order valence-electron chi connectivity index (χ1n) is 9.58. The molecule has 0 aliphatic carbocycles. The summed E-state index contributed by atoms with van der Waals surface area (Å²) in [6.07, 6.45) is 5.55. The average Bonchev–Trinajstić information content (AvgIpc) is 2.77. The van der Waals surface area contributed by atoms with E-state index in [0.29, 0.717) is 13.1 Å². The van der Waals surface area contributed by atoms with Crippen molar-refractivity contribution in [3.05, 3.63) is 103 Å². The highest BCUT2D eigenvalue weighted by Crippen LogP contribution is 2.16. The van der Waals surface area contributed by atoms with Gasteiger partial charge in [-0.3, -0.25) is 4.79 Å². The van der Waals surface area contributed by atoms with Gasteiger partial charge in [-0.25, -0.2) is 0 Å². The quantitative estimate of drug-likeness (QED) is 0.735. The molecule has 1 heterocycles. The number of hydrogen-bond acceptors (Lipinski definition) is 3. The molecule has 1 fully saturated rings. The van der Waals surface area contributed by atoms with Gasteiger partial charge in [0.25, 0.3) is 5.91 Å². The summed E-state index contributed by atoms with van der Waals surface area (Å²) in [6.45, 7) is 11.4. The molecule has 4 nitrogen and oxygen atoms in total. The van der Waals surface area contributed by atoms with Crippen molar-refractivity contribution in [1.29, 1.82) is 0 Å². The summed E-state index contributed by atoms with van der Waals surface area (Å²) < 4.78 is 0. The Morgan fingerprint density at radius 1 is 0.929 bits per heavy atom. The molecule has 144 valence electrons. The molecule has 0 bridgehead atoms. The summed E-state index contributed by atoms with van der Waals surface area (Å²) in [6, 6.07) is 18.0. The van der Waals surface area contributed by atoms with Gasteiger partial charge in [0.2, 0.25) is 0 Å². The van der Waals surface area contributed by atoms with Crippen molar-refractivity contribution in [1.82, 2.24) is 9.80 Å². The lowest BCUT2D eigenvalue weighted by Crippen LogP contribution is -2.48. The first-order valence-corrected chi connectivity index (χ1v) is 9.58. The van der Waals surface area contributed by atoms with Gasteiger partial charge in [0.1, 0.15) is 0 Å². The zero-order chi connectivity index (χ0) is 19.8. The smallest absolute Gasteiger partial charge is 0.253 e. The number of carbonyl (C=O) groups excluding carboxylic acids is 1. The van der Waals surface area contributed by atoms with E-state index in [4.69, 9.17) is 0 Å². The lowest BCUT2D eigenvalue weighted by atomic mass is 10.1. The summed E-state index contributed by atoms with van der Waals surface area (Å²) in [7, 11) is 0. The van der Waals surface area contributed by atoms with Gasteiger partial charge in [-0.15, -0.1) is 0 Å². The SMILES string of the molecule is C=C/C=C(\C=C)N1CCN(C(=O)c2ccc(NCc3ccccc3)cc2)CC1. The predicted molar refractivity (Wildman–Crippen MR) is 116 cm³/mol. The third-order valence-electron chi connectivity index (χ3n) is 4.90. The van der Waals surface area contributed by atoms with Gasteiger partial charge in [0, 0.05) is 49.7 Å². The van der Waals surface area contributed by atoms with Crippen LogP contribution in [0.5, 0.6) is 0 Å². The average molecular weight is 374 g/mol. The number of allylic oxidation sites excluding steroid dienone is 3. The molecule has 1 saturated heterocycles. The van der Waals surface area contributed by atoms with E-state index in [-0.39, 0.29) is 5.91 Å². The fourth-order valence-electron chi connectivity index (χ4n) is 3.30. The largest absolute Gasteiger partial charge is 0.381 e. The Labute approximate surface area is 167 Å². The van der Waals surface area contributed by atoms with Gasteiger partial charge in [0.05, 0.1) is 0 Å². The van der Waals surface area contributed by atoms with Crippen molar-refractivity contribution in [3.63, 3.8) is 0 Å². The van der Waals surface area contributed by atoms with Gasteiger partial charge in [0.15, 0.2) is 0 Å². The van der Waals surface area contributed by atoms with Crippen molar-refractivity contribution >= 4 is 11.6 Å². The van der Waals surface area contributed by atoms with E-state index in [2.05, 4.69) is 35.5 Å². The molecule has 0 saturated carbocycles. The maximum atomic E-state index is 12.8. The van der Waals surface area contributed by atoms with Gasteiger partial charge in [-0.05, 0) is 42.0 Å². The number of rotatable bonds is 7. The number of carbonyl (C=O) groups is 1. The van der Waals surface area contributed by atoms with Crippen LogP contribution < -0.4 is 5.32 Å². The van der Waals surface area contributed by atoms with E-state index in [1.54, 1.807) is 6.08 Å². The second-order valence-electron chi connectivity index (χ2n) is 6.73. The van der Waals surface area contributed by atoms with Gasteiger partial charge in [-0.2, -0.15) is 0 Å². The van der Waals surface area contributed by atoms with E-state index >= 15 is 0 Å². The fraction of sp³-hybridized carbons (Fsp3) is 0.208. The first kappa shape index (κ1) is 19.5. The maximum Gasteiger partial charge on any atom is 0.253 e. The number of benzene rings is 2. The molecule has 0 aromatic heterocycles. The maximum absolute atomic E-state index is 12.8. The van der Waals surface area contributed by atoms with Crippen molar-refractivity contribution < 1.29 is 4.79 Å². The minimum atomic E-state index is 0.0853. The Bertz CT molecular complexity index is 832. The first-order chi connectivity index (χ1) is 13.7. The van der Waals surface area contributed by atoms with Crippen LogP contribution in [0.1, 0.15) is 15.9 Å². The molecule has 0 unspecified atom stereocenters. The van der Waals surface area contributed by atoms with Crippen molar-refractivity contribution in [3.8, 4) is 0 Å². The van der Waals surface area contributed by atoms with E-state index in [0.717, 1.165) is 36.6 Å². The summed E-state index contributed by atoms with van der Waals surface area (Å²) in [5.74, 6) is 0.0853. The standard InChI is InChI=1S/C24H27N3O/c1-3-8-23(4-2)26-15-17-27(18-16-26)24(28)21-11-13-22(14-12-21)25-19-20-9-6-5-7-10-20/h3-14,25H,1-2,15-19H2/b23-8+. The minimum Gasteiger partial charge on any atom is -0.381 e. The van der Waals surface area contributed by atoms with Crippen LogP contribution in [-0.2, 0) is 6.54 Å². The number of nitrogens with one attached hydrogen (secondary N) is 1. The summed E-state index contributed by atoms with van der Waals surface area (Å²) in [5.41, 5.74) is 4.01. The van der Waals surface area contributed by atoms with Crippen molar-refractivity contribution in [2.45, 2.75) is 6.54 Å². The number of hydrogen-bond donors (Lipinski definition) is 1. The van der Waals surface area contributed by atoms with E-state index in [9.17, 15) is 4.79 Å². The second-order valence-corrected chi connectivity index (χ2v) is 6.73. The molecule has 0 radical (unpaired) electrons. The van der Waals surface area contributed by atoms with Crippen LogP contribution in [-0.4, -0.2) is 41.9 Å². The molecule has 2 aromatic rings. The number of piperazine rings is 1. The van der Waals surface area contributed by atoms with E-state index < -0.39 is 0 Å². The third kappa shape index (κ3) is 4.92. The number of amides is 1. The van der Waals surface area contributed by atoms with Crippen LogP contribution >= 0.6 is 0 Å². The Hall–Kier alpha value is -3.27. The molecule has 2 aromatic carbocycles. The molecule has 4 heteroatoms. The minimum absolute atomic E-state index is 0.0853. The monoisotopic (exact) mass is 373 g/mol. The van der Waals surface area contributed by atoms with Crippen LogP contribution in [0.25, 0.3) is 0 Å². The second kappa shape index (κ2) is 9.60. The molecule has 1 aliphatic heterocycles. The normalized spacial score (nSPS) is 14.5. The molecule has 1 N–H and O–H groups in total. The highest BCUT2D eigenvalue weighted by molar-refractivity contribution is 5.94. The summed E-state index contributed by atoms with van der Waals surface area (Å²) in [5, 5.41) is 3.39. The Morgan fingerprint density at radius 2 is 1.57 bits per heavy atom. The van der Waals surface area contributed by atoms with Crippen LogP contribution in [0.3, 0.4) is 0 Å². The molecule has 28 heavy (non-hydrogen) atoms. The molecule has 0 atom stereocenters. The molecule has 0 spiro atoms. The molecular formula is C24H27N3O. The van der Waals surface area contributed by atoms with Gasteiger partial charge in [-0.1, -0.05) is 49.6 Å². The van der Waals surface area contributed by atoms with E-state index in [1.807, 2.05) is 59.5 Å². The fourth-order valence-corrected chi connectivity index (χ4v) is 3.30. The van der Waals surface area contributed by atoms with Gasteiger partial charge >= 0.3 is 0 Å². The zero-order valence-electron chi connectivity index (χ0n) is 16.2. The zero-order valence-corrected chi connectivity index (χ0v) is 16.2. The van der Waals surface area contributed by atoms with E-state index in [1.165, 1.54) is 5.56 Å². The predicted octanol–water partition coefficient (Wildman–Crippen LogP) is 4.31. The highest BCUT2D eigenvalue weighted by Gasteiger charge is 2.22. The Balaban J connectivity index is 1.54. The van der Waals surface area contributed by atoms with Gasteiger partial charge < -0.3 is 15.1 Å². The summed E-state index contributed by atoms with van der Waals surface area (Å²) >= 11 is 0. The van der Waals surface area contributed by atoms with Crippen molar-refractivity contribution in [2.24, 2.45) is 0 Å². The number of anilines is 1. The lowest BCUT2D eigenvalue weighted by Gasteiger charge is -2.36. The van der Waals surface area contributed by atoms with Crippen LogP contribution in [0.2, 0.25) is 0 Å². The Kier molecular flexibility index (Phi) is 6.68. The molecule has 1 amide bonds.